The van der Waals surface area contributed by atoms with Gasteiger partial charge in [0.2, 0.25) is 5.91 Å². The van der Waals surface area contributed by atoms with Crippen molar-refractivity contribution >= 4 is 28.6 Å². The molecule has 1 aromatic heterocycles. The fourth-order valence-electron chi connectivity index (χ4n) is 3.69. The molecule has 2 heterocycles. The van der Waals surface area contributed by atoms with Crippen LogP contribution in [-0.4, -0.2) is 49.9 Å². The van der Waals surface area contributed by atoms with E-state index in [9.17, 15) is 9.18 Å². The minimum Gasteiger partial charge on any atom is -0.378 e. The molecule has 33 heavy (non-hydrogen) atoms. The van der Waals surface area contributed by atoms with Gasteiger partial charge in [-0.25, -0.2) is 9.38 Å². The highest BCUT2D eigenvalue weighted by Crippen LogP contribution is 2.25. The van der Waals surface area contributed by atoms with E-state index in [2.05, 4.69) is 44.4 Å². The van der Waals surface area contributed by atoms with Gasteiger partial charge in [0.05, 0.1) is 31.1 Å². The highest BCUT2D eigenvalue weighted by molar-refractivity contribution is 7.07. The number of nitrogens with one attached hydrogen (secondary N) is 1. The van der Waals surface area contributed by atoms with Gasteiger partial charge in [-0.05, 0) is 48.4 Å². The highest BCUT2D eigenvalue weighted by Gasteiger charge is 2.13. The van der Waals surface area contributed by atoms with Gasteiger partial charge < -0.3 is 25.3 Å². The van der Waals surface area contributed by atoms with Crippen molar-refractivity contribution in [1.82, 2.24) is 9.88 Å². The Morgan fingerprint density at radius 1 is 1.12 bits per heavy atom. The smallest absolute Gasteiger partial charge is 0.233 e. The van der Waals surface area contributed by atoms with Crippen LogP contribution in [0.1, 0.15) is 6.42 Å². The van der Waals surface area contributed by atoms with Crippen LogP contribution in [0.25, 0.3) is 11.3 Å². The molecule has 0 aliphatic carbocycles. The average Bonchev–Trinajstić information content (AvgIpc) is 3.26. The maximum Gasteiger partial charge on any atom is 0.233 e. The predicted octanol–water partition coefficient (Wildman–Crippen LogP) is 2.89. The third-order valence-corrected chi connectivity index (χ3v) is 6.32. The monoisotopic (exact) mass is 469 g/mol. The minimum absolute atomic E-state index is 0.0164. The first-order valence-corrected chi connectivity index (χ1v) is 11.9. The summed E-state index contributed by atoms with van der Waals surface area (Å²) in [6, 6.07) is 14.7. The molecule has 3 N–H and O–H groups in total. The Morgan fingerprint density at radius 2 is 1.85 bits per heavy atom. The standard InChI is InChI=1S/C24H28FN5O2S/c25-19-4-6-20(7-5-19)28-24-30(11-1-10-27-23(31)16-26)22(17-33-24)18-2-8-21(9-3-18)29-12-14-32-15-13-29/h2-9,17H,1,10-16,26H2,(H,27,31). The topological polar surface area (TPSA) is 84.9 Å². The maximum absolute atomic E-state index is 13.3. The summed E-state index contributed by atoms with van der Waals surface area (Å²) in [5, 5.41) is 4.90. The number of aromatic nitrogens is 1. The normalized spacial score (nSPS) is 14.5. The molecule has 4 rings (SSSR count). The lowest BCUT2D eigenvalue weighted by Gasteiger charge is -2.28. The SMILES string of the molecule is NCC(=O)NCCCn1c(-c2ccc(N3CCOCC3)cc2)csc1=Nc1ccc(F)cc1. The third kappa shape index (κ3) is 6.07. The molecule has 1 amide bonds. The summed E-state index contributed by atoms with van der Waals surface area (Å²) in [6.45, 7) is 4.49. The number of amides is 1. The Kier molecular flexibility index (Phi) is 7.87. The first-order chi connectivity index (χ1) is 16.1. The number of rotatable bonds is 8. The van der Waals surface area contributed by atoms with Crippen LogP contribution in [0.15, 0.2) is 58.9 Å². The van der Waals surface area contributed by atoms with E-state index in [0.29, 0.717) is 18.8 Å². The van der Waals surface area contributed by atoms with E-state index in [1.54, 1.807) is 12.1 Å². The van der Waals surface area contributed by atoms with Crippen LogP contribution in [0.2, 0.25) is 0 Å². The molecular weight excluding hydrogens is 441 g/mol. The molecule has 1 aliphatic rings. The summed E-state index contributed by atoms with van der Waals surface area (Å²) in [7, 11) is 0. The lowest BCUT2D eigenvalue weighted by molar-refractivity contribution is -0.119. The molecule has 1 fully saturated rings. The molecule has 1 saturated heterocycles. The van der Waals surface area contributed by atoms with Crippen molar-refractivity contribution in [3.8, 4) is 11.3 Å². The van der Waals surface area contributed by atoms with Gasteiger partial charge in [0.25, 0.3) is 0 Å². The number of thiazole rings is 1. The minimum atomic E-state index is -0.287. The van der Waals surface area contributed by atoms with Crippen molar-refractivity contribution in [3.63, 3.8) is 0 Å². The van der Waals surface area contributed by atoms with Crippen molar-refractivity contribution in [2.24, 2.45) is 10.7 Å². The average molecular weight is 470 g/mol. The van der Waals surface area contributed by atoms with E-state index in [0.717, 1.165) is 48.8 Å². The second-order valence-electron chi connectivity index (χ2n) is 7.70. The van der Waals surface area contributed by atoms with Gasteiger partial charge >= 0.3 is 0 Å². The molecule has 0 saturated carbocycles. The van der Waals surface area contributed by atoms with Crippen LogP contribution >= 0.6 is 11.3 Å². The molecule has 0 bridgehead atoms. The zero-order chi connectivity index (χ0) is 23.0. The quantitative estimate of drug-likeness (QED) is 0.497. The van der Waals surface area contributed by atoms with Gasteiger partial charge in [-0.1, -0.05) is 12.1 Å². The van der Waals surface area contributed by atoms with E-state index < -0.39 is 0 Å². The fraction of sp³-hybridized carbons (Fsp3) is 0.333. The van der Waals surface area contributed by atoms with E-state index in [4.69, 9.17) is 15.5 Å². The Labute approximate surface area is 196 Å². The van der Waals surface area contributed by atoms with Crippen molar-refractivity contribution in [2.45, 2.75) is 13.0 Å². The summed E-state index contributed by atoms with van der Waals surface area (Å²) >= 11 is 1.54. The van der Waals surface area contributed by atoms with Crippen LogP contribution < -0.4 is 20.8 Å². The number of carbonyl (C=O) groups excluding carboxylic acids is 1. The molecule has 174 valence electrons. The molecule has 3 aromatic rings. The van der Waals surface area contributed by atoms with Crippen molar-refractivity contribution < 1.29 is 13.9 Å². The zero-order valence-corrected chi connectivity index (χ0v) is 19.2. The molecule has 0 atom stereocenters. The first kappa shape index (κ1) is 23.2. The van der Waals surface area contributed by atoms with Crippen molar-refractivity contribution in [1.29, 1.82) is 0 Å². The van der Waals surface area contributed by atoms with E-state index in [1.807, 2.05) is 0 Å². The number of nitrogens with zero attached hydrogens (tertiary/aromatic N) is 3. The number of anilines is 1. The number of benzene rings is 2. The van der Waals surface area contributed by atoms with Gasteiger partial charge in [-0.3, -0.25) is 4.79 Å². The molecule has 0 radical (unpaired) electrons. The summed E-state index contributed by atoms with van der Waals surface area (Å²) in [4.78, 5) is 19.3. The van der Waals surface area contributed by atoms with Crippen molar-refractivity contribution in [2.75, 3.05) is 44.3 Å². The molecule has 9 heteroatoms. The van der Waals surface area contributed by atoms with Gasteiger partial charge in [0.15, 0.2) is 4.80 Å². The Morgan fingerprint density at radius 3 is 2.55 bits per heavy atom. The second kappa shape index (κ2) is 11.2. The molecule has 7 nitrogen and oxygen atoms in total. The lowest BCUT2D eigenvalue weighted by atomic mass is 10.1. The van der Waals surface area contributed by atoms with Crippen molar-refractivity contribution in [3.05, 3.63) is 64.5 Å². The van der Waals surface area contributed by atoms with Gasteiger partial charge in [0, 0.05) is 37.2 Å². The summed E-state index contributed by atoms with van der Waals surface area (Å²) in [5.41, 5.74) is 9.39. The fourth-order valence-corrected chi connectivity index (χ4v) is 4.65. The molecular formula is C24H28FN5O2S. The van der Waals surface area contributed by atoms with E-state index >= 15 is 0 Å². The van der Waals surface area contributed by atoms with Gasteiger partial charge in [-0.2, -0.15) is 0 Å². The summed E-state index contributed by atoms with van der Waals surface area (Å²) < 4.78 is 20.9. The second-order valence-corrected chi connectivity index (χ2v) is 8.53. The number of halogens is 1. The number of ether oxygens (including phenoxy) is 1. The summed E-state index contributed by atoms with van der Waals surface area (Å²) in [5.74, 6) is -0.454. The van der Waals surface area contributed by atoms with E-state index in [-0.39, 0.29) is 18.3 Å². The molecule has 2 aromatic carbocycles. The zero-order valence-electron chi connectivity index (χ0n) is 18.4. The maximum atomic E-state index is 13.3. The lowest BCUT2D eigenvalue weighted by Crippen LogP contribution is -2.36. The predicted molar refractivity (Wildman–Crippen MR) is 129 cm³/mol. The molecule has 0 unspecified atom stereocenters. The number of hydrogen-bond donors (Lipinski definition) is 2. The largest absolute Gasteiger partial charge is 0.378 e. The van der Waals surface area contributed by atoms with Crippen LogP contribution in [0.4, 0.5) is 15.8 Å². The number of morpholine rings is 1. The Bertz CT molecular complexity index is 1120. The highest BCUT2D eigenvalue weighted by atomic mass is 32.1. The summed E-state index contributed by atoms with van der Waals surface area (Å²) in [6.07, 6.45) is 0.734. The van der Waals surface area contributed by atoms with Gasteiger partial charge in [-0.15, -0.1) is 11.3 Å². The van der Waals surface area contributed by atoms with Crippen LogP contribution in [0.3, 0.4) is 0 Å². The molecule has 0 spiro atoms. The Balaban J connectivity index is 1.60. The van der Waals surface area contributed by atoms with Crippen LogP contribution in [0, 0.1) is 5.82 Å². The van der Waals surface area contributed by atoms with E-state index in [1.165, 1.54) is 29.2 Å². The molecule has 1 aliphatic heterocycles. The number of carbonyl (C=O) groups is 1. The number of hydrogen-bond acceptors (Lipinski definition) is 6. The number of nitrogens with two attached hydrogens (primary N) is 1. The van der Waals surface area contributed by atoms with Crippen LogP contribution in [-0.2, 0) is 16.1 Å². The third-order valence-electron chi connectivity index (χ3n) is 5.45. The first-order valence-electron chi connectivity index (χ1n) is 11.0. The van der Waals surface area contributed by atoms with Crippen LogP contribution in [0.5, 0.6) is 0 Å². The van der Waals surface area contributed by atoms with Gasteiger partial charge in [0.1, 0.15) is 5.82 Å². The Hall–Kier alpha value is -3.01.